The van der Waals surface area contributed by atoms with Crippen LogP contribution in [0.3, 0.4) is 0 Å². The van der Waals surface area contributed by atoms with Crippen LogP contribution < -0.4 is 10.6 Å². The first kappa shape index (κ1) is 14.5. The Balaban J connectivity index is 2.35. The number of nitrogens with one attached hydrogen (secondary N) is 2. The third-order valence-corrected chi connectivity index (χ3v) is 2.75. The van der Waals surface area contributed by atoms with Crippen LogP contribution in [0, 0.1) is 18.6 Å². The number of rotatable bonds is 4. The second kappa shape index (κ2) is 6.00. The Morgan fingerprint density at radius 1 is 1.15 bits per heavy atom. The van der Waals surface area contributed by atoms with E-state index in [9.17, 15) is 8.78 Å². The van der Waals surface area contributed by atoms with Crippen LogP contribution in [-0.4, -0.2) is 16.5 Å². The summed E-state index contributed by atoms with van der Waals surface area (Å²) in [6.45, 7) is 4.34. The van der Waals surface area contributed by atoms with Gasteiger partial charge in [0.1, 0.15) is 23.3 Å². The summed E-state index contributed by atoms with van der Waals surface area (Å²) in [5.74, 6) is -0.00637. The van der Waals surface area contributed by atoms with Crippen molar-refractivity contribution in [2.45, 2.75) is 13.8 Å². The topological polar surface area (TPSA) is 49.8 Å². The van der Waals surface area contributed by atoms with Gasteiger partial charge < -0.3 is 10.6 Å². The van der Waals surface area contributed by atoms with E-state index in [2.05, 4.69) is 20.6 Å². The van der Waals surface area contributed by atoms with Crippen molar-refractivity contribution in [2.75, 3.05) is 17.2 Å². The van der Waals surface area contributed by atoms with Gasteiger partial charge in [0.05, 0.1) is 10.7 Å². The molecule has 1 aromatic carbocycles. The van der Waals surface area contributed by atoms with E-state index in [-0.39, 0.29) is 10.7 Å². The van der Waals surface area contributed by atoms with Gasteiger partial charge in [-0.15, -0.1) is 0 Å². The maximum absolute atomic E-state index is 13.7. The van der Waals surface area contributed by atoms with Crippen molar-refractivity contribution in [3.8, 4) is 0 Å². The molecule has 4 nitrogen and oxygen atoms in total. The highest BCUT2D eigenvalue weighted by molar-refractivity contribution is 6.33. The summed E-state index contributed by atoms with van der Waals surface area (Å²) in [5, 5.41) is 5.73. The molecule has 7 heteroatoms. The van der Waals surface area contributed by atoms with Crippen LogP contribution in [-0.2, 0) is 0 Å². The van der Waals surface area contributed by atoms with E-state index >= 15 is 0 Å². The Kier molecular flexibility index (Phi) is 4.34. The fraction of sp³-hybridized carbons (Fsp3) is 0.231. The van der Waals surface area contributed by atoms with Gasteiger partial charge in [0.25, 0.3) is 0 Å². The van der Waals surface area contributed by atoms with Gasteiger partial charge in [-0.2, -0.15) is 0 Å². The van der Waals surface area contributed by atoms with E-state index in [0.29, 0.717) is 24.0 Å². The number of aryl methyl sites for hydroxylation is 1. The van der Waals surface area contributed by atoms with Crippen LogP contribution in [0.2, 0.25) is 5.02 Å². The minimum Gasteiger partial charge on any atom is -0.370 e. The van der Waals surface area contributed by atoms with Crippen molar-refractivity contribution in [1.29, 1.82) is 0 Å². The fourth-order valence-corrected chi connectivity index (χ4v) is 1.93. The van der Waals surface area contributed by atoms with Gasteiger partial charge in [-0.05, 0) is 19.9 Å². The molecular formula is C13H13ClF2N4. The lowest BCUT2D eigenvalue weighted by Gasteiger charge is -2.11. The molecule has 20 heavy (non-hydrogen) atoms. The Morgan fingerprint density at radius 3 is 2.50 bits per heavy atom. The van der Waals surface area contributed by atoms with E-state index in [1.165, 1.54) is 0 Å². The fourth-order valence-electron chi connectivity index (χ4n) is 1.69. The number of halogens is 3. The summed E-state index contributed by atoms with van der Waals surface area (Å²) in [5.41, 5.74) is -0.0198. The molecule has 0 spiro atoms. The van der Waals surface area contributed by atoms with E-state index in [0.717, 1.165) is 12.1 Å². The lowest BCUT2D eigenvalue weighted by molar-refractivity contribution is 0.586. The molecule has 0 bridgehead atoms. The third-order valence-electron chi connectivity index (χ3n) is 2.46. The van der Waals surface area contributed by atoms with Crippen LogP contribution in [0.15, 0.2) is 18.2 Å². The van der Waals surface area contributed by atoms with E-state index < -0.39 is 11.6 Å². The minimum absolute atomic E-state index is 0.0198. The second-order valence-corrected chi connectivity index (χ2v) is 4.49. The van der Waals surface area contributed by atoms with Crippen molar-refractivity contribution in [3.05, 3.63) is 40.7 Å². The summed E-state index contributed by atoms with van der Waals surface area (Å²) < 4.78 is 26.7. The first-order valence-electron chi connectivity index (χ1n) is 6.00. The molecule has 2 N–H and O–H groups in total. The average Bonchev–Trinajstić information content (AvgIpc) is 2.33. The van der Waals surface area contributed by atoms with Crippen molar-refractivity contribution in [3.63, 3.8) is 0 Å². The molecule has 106 valence electrons. The first-order valence-corrected chi connectivity index (χ1v) is 6.38. The number of nitrogens with zero attached hydrogens (tertiary/aromatic N) is 2. The molecule has 2 rings (SSSR count). The van der Waals surface area contributed by atoms with Crippen LogP contribution in [0.1, 0.15) is 12.7 Å². The molecule has 0 saturated carbocycles. The van der Waals surface area contributed by atoms with E-state index in [1.54, 1.807) is 13.0 Å². The smallest absolute Gasteiger partial charge is 0.151 e. The van der Waals surface area contributed by atoms with Gasteiger partial charge in [0.15, 0.2) is 5.82 Å². The molecule has 0 aliphatic carbocycles. The van der Waals surface area contributed by atoms with Crippen LogP contribution >= 0.6 is 11.6 Å². The Morgan fingerprint density at radius 2 is 1.85 bits per heavy atom. The highest BCUT2D eigenvalue weighted by Gasteiger charge is 2.11. The summed E-state index contributed by atoms with van der Waals surface area (Å²) in [6.07, 6.45) is 0. The van der Waals surface area contributed by atoms with E-state index in [4.69, 9.17) is 11.6 Å². The molecule has 0 aliphatic rings. The highest BCUT2D eigenvalue weighted by Crippen LogP contribution is 2.29. The van der Waals surface area contributed by atoms with Crippen molar-refractivity contribution in [1.82, 2.24) is 9.97 Å². The summed E-state index contributed by atoms with van der Waals surface area (Å²) >= 11 is 5.82. The molecule has 0 atom stereocenters. The van der Waals surface area contributed by atoms with Gasteiger partial charge >= 0.3 is 0 Å². The minimum atomic E-state index is -0.781. The monoisotopic (exact) mass is 298 g/mol. The largest absolute Gasteiger partial charge is 0.370 e. The molecule has 2 aromatic rings. The lowest BCUT2D eigenvalue weighted by atomic mass is 10.3. The summed E-state index contributed by atoms with van der Waals surface area (Å²) in [4.78, 5) is 8.31. The van der Waals surface area contributed by atoms with Crippen LogP contribution in [0.25, 0.3) is 0 Å². The molecule has 0 unspecified atom stereocenters. The Labute approximate surface area is 120 Å². The molecule has 0 saturated heterocycles. The van der Waals surface area contributed by atoms with Gasteiger partial charge in [-0.1, -0.05) is 11.6 Å². The standard InChI is InChI=1S/C13H13ClF2N4/c1-3-17-11-6-12(19-7(2)18-11)20-13-9(14)4-8(15)5-10(13)16/h4-6H,3H2,1-2H3,(H2,17,18,19,20). The predicted octanol–water partition coefficient (Wildman–Crippen LogP) is 3.89. The number of hydrogen-bond donors (Lipinski definition) is 2. The zero-order chi connectivity index (χ0) is 14.7. The van der Waals surface area contributed by atoms with E-state index in [1.807, 2.05) is 6.92 Å². The van der Waals surface area contributed by atoms with Gasteiger partial charge in [0, 0.05) is 18.7 Å². The third kappa shape index (κ3) is 3.33. The summed E-state index contributed by atoms with van der Waals surface area (Å²) in [6, 6.07) is 3.41. The molecule has 0 aliphatic heterocycles. The second-order valence-electron chi connectivity index (χ2n) is 4.09. The molecule has 0 radical (unpaired) electrons. The number of hydrogen-bond acceptors (Lipinski definition) is 4. The van der Waals surface area contributed by atoms with Crippen LogP contribution in [0.4, 0.5) is 26.1 Å². The maximum atomic E-state index is 13.7. The first-order chi connectivity index (χ1) is 9.49. The molecule has 0 amide bonds. The molecule has 1 heterocycles. The van der Waals surface area contributed by atoms with Gasteiger partial charge in [-0.25, -0.2) is 18.7 Å². The van der Waals surface area contributed by atoms with Gasteiger partial charge in [0.2, 0.25) is 0 Å². The van der Waals surface area contributed by atoms with Gasteiger partial charge in [-0.3, -0.25) is 0 Å². The Hall–Kier alpha value is -1.95. The summed E-state index contributed by atoms with van der Waals surface area (Å²) in [7, 11) is 0. The predicted molar refractivity (Wildman–Crippen MR) is 75.6 cm³/mol. The van der Waals surface area contributed by atoms with Crippen LogP contribution in [0.5, 0.6) is 0 Å². The molecular weight excluding hydrogens is 286 g/mol. The van der Waals surface area contributed by atoms with Crippen molar-refractivity contribution < 1.29 is 8.78 Å². The van der Waals surface area contributed by atoms with Crippen molar-refractivity contribution >= 4 is 28.9 Å². The Bertz CT molecular complexity index is 611. The maximum Gasteiger partial charge on any atom is 0.151 e. The molecule has 1 aromatic heterocycles. The number of benzene rings is 1. The lowest BCUT2D eigenvalue weighted by Crippen LogP contribution is -2.05. The average molecular weight is 299 g/mol. The number of aromatic nitrogens is 2. The zero-order valence-corrected chi connectivity index (χ0v) is 11.7. The molecule has 0 fully saturated rings. The number of anilines is 3. The highest BCUT2D eigenvalue weighted by atomic mass is 35.5. The van der Waals surface area contributed by atoms with Crippen molar-refractivity contribution in [2.24, 2.45) is 0 Å². The normalized spacial score (nSPS) is 10.4. The zero-order valence-electron chi connectivity index (χ0n) is 11.0. The quantitative estimate of drug-likeness (QED) is 0.899. The SMILES string of the molecule is CCNc1cc(Nc2c(F)cc(F)cc2Cl)nc(C)n1.